The first kappa shape index (κ1) is 14.4. The smallest absolute Gasteiger partial charge is 0.0526 e. The first-order chi connectivity index (χ1) is 9.35. The number of ether oxygens (including phenoxy) is 1. The van der Waals surface area contributed by atoms with Gasteiger partial charge in [-0.15, -0.1) is 0 Å². The van der Waals surface area contributed by atoms with E-state index in [9.17, 15) is 0 Å². The van der Waals surface area contributed by atoms with Crippen LogP contribution < -0.4 is 10.2 Å². The molecule has 0 bridgehead atoms. The van der Waals surface area contributed by atoms with Crippen LogP contribution in [0.1, 0.15) is 20.3 Å². The largest absolute Gasteiger partial charge is 0.381 e. The lowest BCUT2D eigenvalue weighted by atomic mass is 9.95. The molecule has 2 atom stereocenters. The van der Waals surface area contributed by atoms with Gasteiger partial charge in [-0.3, -0.25) is 0 Å². The summed E-state index contributed by atoms with van der Waals surface area (Å²) < 4.78 is 5.67. The molecule has 1 aliphatic rings. The summed E-state index contributed by atoms with van der Waals surface area (Å²) in [4.78, 5) is 2.45. The Hall–Kier alpha value is -1.06. The third kappa shape index (κ3) is 3.95. The van der Waals surface area contributed by atoms with E-state index in [1.54, 1.807) is 0 Å². The van der Waals surface area contributed by atoms with Gasteiger partial charge in [0.2, 0.25) is 0 Å². The van der Waals surface area contributed by atoms with Gasteiger partial charge in [-0.2, -0.15) is 0 Å². The summed E-state index contributed by atoms with van der Waals surface area (Å²) in [6, 6.07) is 11.3. The third-order valence-electron chi connectivity index (χ3n) is 3.90. The van der Waals surface area contributed by atoms with Crippen molar-refractivity contribution in [2.75, 3.05) is 37.7 Å². The van der Waals surface area contributed by atoms with E-state index in [1.807, 2.05) is 0 Å². The standard InChI is InChI=1S/C16H26N2O/c1-3-17-16-10-11-19-13-14(16)12-18(4-2)15-8-6-5-7-9-15/h5-9,14,16-17H,3-4,10-13H2,1-2H3. The predicted molar refractivity (Wildman–Crippen MR) is 80.7 cm³/mol. The number of rotatable bonds is 6. The molecule has 106 valence electrons. The maximum atomic E-state index is 5.67. The van der Waals surface area contributed by atoms with Crippen LogP contribution in [0.25, 0.3) is 0 Å². The van der Waals surface area contributed by atoms with Crippen LogP contribution in [0.4, 0.5) is 5.69 Å². The molecule has 1 aromatic rings. The van der Waals surface area contributed by atoms with Crippen molar-refractivity contribution in [3.8, 4) is 0 Å². The highest BCUT2D eigenvalue weighted by atomic mass is 16.5. The molecule has 0 aromatic heterocycles. The van der Waals surface area contributed by atoms with Gasteiger partial charge in [-0.1, -0.05) is 25.1 Å². The normalized spacial score (nSPS) is 23.3. The molecule has 2 rings (SSSR count). The van der Waals surface area contributed by atoms with E-state index in [1.165, 1.54) is 5.69 Å². The van der Waals surface area contributed by atoms with Gasteiger partial charge in [0.1, 0.15) is 0 Å². The Bertz CT molecular complexity index is 353. The van der Waals surface area contributed by atoms with E-state index in [-0.39, 0.29) is 0 Å². The molecule has 1 aromatic carbocycles. The Kier molecular flexibility index (Phi) is 5.67. The molecule has 1 saturated heterocycles. The molecule has 0 amide bonds. The summed E-state index contributed by atoms with van der Waals surface area (Å²) in [7, 11) is 0. The second kappa shape index (κ2) is 7.51. The van der Waals surface area contributed by atoms with E-state index >= 15 is 0 Å². The van der Waals surface area contributed by atoms with Gasteiger partial charge in [0, 0.05) is 37.3 Å². The van der Waals surface area contributed by atoms with Crippen molar-refractivity contribution in [3.05, 3.63) is 30.3 Å². The Morgan fingerprint density at radius 2 is 2.05 bits per heavy atom. The quantitative estimate of drug-likeness (QED) is 0.852. The number of anilines is 1. The zero-order chi connectivity index (χ0) is 13.5. The highest BCUT2D eigenvalue weighted by Gasteiger charge is 2.26. The van der Waals surface area contributed by atoms with Gasteiger partial charge in [0.25, 0.3) is 0 Å². The molecular formula is C16H26N2O. The summed E-state index contributed by atoms with van der Waals surface area (Å²) in [6.45, 7) is 9.32. The second-order valence-corrected chi connectivity index (χ2v) is 5.16. The first-order valence-electron chi connectivity index (χ1n) is 7.46. The number of para-hydroxylation sites is 1. The minimum atomic E-state index is 0.578. The number of hydrogen-bond donors (Lipinski definition) is 1. The summed E-state index contributed by atoms with van der Waals surface area (Å²) in [6.07, 6.45) is 1.13. The van der Waals surface area contributed by atoms with Crippen molar-refractivity contribution in [1.82, 2.24) is 5.32 Å². The topological polar surface area (TPSA) is 24.5 Å². The highest BCUT2D eigenvalue weighted by Crippen LogP contribution is 2.20. The van der Waals surface area contributed by atoms with E-state index in [4.69, 9.17) is 4.74 Å². The van der Waals surface area contributed by atoms with Crippen LogP contribution in [0.5, 0.6) is 0 Å². The number of hydrogen-bond acceptors (Lipinski definition) is 3. The predicted octanol–water partition coefficient (Wildman–Crippen LogP) is 2.53. The van der Waals surface area contributed by atoms with E-state index in [2.05, 4.69) is 54.4 Å². The number of nitrogens with one attached hydrogen (secondary N) is 1. The van der Waals surface area contributed by atoms with Crippen LogP contribution in [0, 0.1) is 5.92 Å². The minimum Gasteiger partial charge on any atom is -0.381 e. The molecule has 0 aliphatic carbocycles. The van der Waals surface area contributed by atoms with Crippen molar-refractivity contribution in [2.24, 2.45) is 5.92 Å². The number of benzene rings is 1. The Morgan fingerprint density at radius 3 is 2.74 bits per heavy atom. The maximum absolute atomic E-state index is 5.67. The monoisotopic (exact) mass is 262 g/mol. The molecule has 19 heavy (non-hydrogen) atoms. The van der Waals surface area contributed by atoms with Crippen LogP contribution in [-0.2, 0) is 4.74 Å². The molecule has 0 saturated carbocycles. The molecule has 3 nitrogen and oxygen atoms in total. The van der Waals surface area contributed by atoms with Crippen LogP contribution in [0.3, 0.4) is 0 Å². The molecule has 1 fully saturated rings. The van der Waals surface area contributed by atoms with Crippen molar-refractivity contribution >= 4 is 5.69 Å². The third-order valence-corrected chi connectivity index (χ3v) is 3.90. The average molecular weight is 262 g/mol. The van der Waals surface area contributed by atoms with Gasteiger partial charge in [0.05, 0.1) is 6.61 Å². The van der Waals surface area contributed by atoms with Crippen LogP contribution >= 0.6 is 0 Å². The highest BCUT2D eigenvalue weighted by molar-refractivity contribution is 5.45. The van der Waals surface area contributed by atoms with E-state index in [0.29, 0.717) is 12.0 Å². The van der Waals surface area contributed by atoms with E-state index < -0.39 is 0 Å². The van der Waals surface area contributed by atoms with Crippen molar-refractivity contribution in [2.45, 2.75) is 26.3 Å². The molecule has 0 spiro atoms. The molecule has 1 N–H and O–H groups in total. The Labute approximate surface area is 116 Å². The fourth-order valence-corrected chi connectivity index (χ4v) is 2.85. The van der Waals surface area contributed by atoms with Gasteiger partial charge < -0.3 is 15.0 Å². The van der Waals surface area contributed by atoms with Gasteiger partial charge in [-0.05, 0) is 32.0 Å². The summed E-state index contributed by atoms with van der Waals surface area (Å²) >= 11 is 0. The molecule has 0 radical (unpaired) electrons. The lowest BCUT2D eigenvalue weighted by Crippen LogP contribution is -2.47. The average Bonchev–Trinajstić information content (AvgIpc) is 2.47. The summed E-state index contributed by atoms with van der Waals surface area (Å²) in [5.74, 6) is 0.578. The zero-order valence-corrected chi connectivity index (χ0v) is 12.1. The lowest BCUT2D eigenvalue weighted by molar-refractivity contribution is 0.0352. The van der Waals surface area contributed by atoms with Crippen molar-refractivity contribution < 1.29 is 4.74 Å². The van der Waals surface area contributed by atoms with Gasteiger partial charge >= 0.3 is 0 Å². The SMILES string of the molecule is CCNC1CCOCC1CN(CC)c1ccccc1. The first-order valence-corrected chi connectivity index (χ1v) is 7.46. The fourth-order valence-electron chi connectivity index (χ4n) is 2.85. The van der Waals surface area contributed by atoms with Crippen LogP contribution in [-0.4, -0.2) is 38.9 Å². The minimum absolute atomic E-state index is 0.578. The maximum Gasteiger partial charge on any atom is 0.0526 e. The molecule has 1 aliphatic heterocycles. The second-order valence-electron chi connectivity index (χ2n) is 5.16. The van der Waals surface area contributed by atoms with Crippen molar-refractivity contribution in [1.29, 1.82) is 0 Å². The summed E-state index contributed by atoms with van der Waals surface area (Å²) in [5.41, 5.74) is 1.31. The van der Waals surface area contributed by atoms with Gasteiger partial charge in [0.15, 0.2) is 0 Å². The molecule has 1 heterocycles. The van der Waals surface area contributed by atoms with Crippen LogP contribution in [0.2, 0.25) is 0 Å². The molecule has 2 unspecified atom stereocenters. The van der Waals surface area contributed by atoms with Crippen molar-refractivity contribution in [3.63, 3.8) is 0 Å². The van der Waals surface area contributed by atoms with E-state index in [0.717, 1.165) is 39.3 Å². The lowest BCUT2D eigenvalue weighted by Gasteiger charge is -2.36. The zero-order valence-electron chi connectivity index (χ0n) is 12.1. The number of nitrogens with zero attached hydrogens (tertiary/aromatic N) is 1. The van der Waals surface area contributed by atoms with Crippen LogP contribution in [0.15, 0.2) is 30.3 Å². The Morgan fingerprint density at radius 1 is 1.26 bits per heavy atom. The van der Waals surface area contributed by atoms with Gasteiger partial charge in [-0.25, -0.2) is 0 Å². The molecular weight excluding hydrogens is 236 g/mol. The summed E-state index contributed by atoms with van der Waals surface area (Å²) in [5, 5.41) is 3.61. The Balaban J connectivity index is 2.00. The molecule has 3 heteroatoms. The fraction of sp³-hybridized carbons (Fsp3) is 0.625.